The first kappa shape index (κ1) is 15.6. The largest absolute Gasteiger partial charge is 0.455 e. The standard InChI is InChI=1S/C15H14BrCl2NO/c1-9-5-10(8-19-2)3-4-14(9)20-15-7-12(17)11(16)6-13(15)18/h3-7,19H,8H2,1-2H3. The maximum absolute atomic E-state index is 6.16. The van der Waals surface area contributed by atoms with Gasteiger partial charge in [0.2, 0.25) is 0 Å². The molecule has 0 bridgehead atoms. The molecule has 0 saturated carbocycles. The molecule has 0 heterocycles. The molecule has 0 amide bonds. The van der Waals surface area contributed by atoms with Gasteiger partial charge in [0.15, 0.2) is 0 Å². The van der Waals surface area contributed by atoms with E-state index in [1.54, 1.807) is 12.1 Å². The van der Waals surface area contributed by atoms with Crippen LogP contribution in [0.1, 0.15) is 11.1 Å². The summed E-state index contributed by atoms with van der Waals surface area (Å²) >= 11 is 15.6. The van der Waals surface area contributed by atoms with E-state index in [0.29, 0.717) is 15.8 Å². The van der Waals surface area contributed by atoms with E-state index in [9.17, 15) is 0 Å². The number of nitrogens with one attached hydrogen (secondary N) is 1. The molecule has 1 N–H and O–H groups in total. The van der Waals surface area contributed by atoms with Gasteiger partial charge in [-0.2, -0.15) is 0 Å². The normalized spacial score (nSPS) is 10.7. The van der Waals surface area contributed by atoms with Crippen molar-refractivity contribution in [2.24, 2.45) is 0 Å². The van der Waals surface area contributed by atoms with E-state index in [0.717, 1.165) is 22.3 Å². The summed E-state index contributed by atoms with van der Waals surface area (Å²) in [4.78, 5) is 0. The lowest BCUT2D eigenvalue weighted by molar-refractivity contribution is 0.479. The van der Waals surface area contributed by atoms with Crippen LogP contribution in [-0.4, -0.2) is 7.05 Å². The molecule has 0 spiro atoms. The molecule has 2 aromatic rings. The Morgan fingerprint density at radius 3 is 2.50 bits per heavy atom. The Labute approximate surface area is 137 Å². The molecule has 0 aliphatic heterocycles. The molecule has 2 rings (SSSR count). The molecule has 106 valence electrons. The molecule has 0 aliphatic rings. The summed E-state index contributed by atoms with van der Waals surface area (Å²) in [5.74, 6) is 1.31. The average Bonchev–Trinajstić information content (AvgIpc) is 2.39. The smallest absolute Gasteiger partial charge is 0.147 e. The first-order chi connectivity index (χ1) is 9.51. The summed E-state index contributed by atoms with van der Waals surface area (Å²) in [5.41, 5.74) is 2.25. The van der Waals surface area contributed by atoms with Crippen LogP contribution in [0, 0.1) is 6.92 Å². The van der Waals surface area contributed by atoms with Crippen LogP contribution in [-0.2, 0) is 6.54 Å². The van der Waals surface area contributed by atoms with Gasteiger partial charge in [-0.3, -0.25) is 0 Å². The second-order valence-electron chi connectivity index (χ2n) is 4.43. The first-order valence-corrected chi connectivity index (χ1v) is 7.62. The first-order valence-electron chi connectivity index (χ1n) is 6.08. The predicted molar refractivity (Wildman–Crippen MR) is 88.2 cm³/mol. The summed E-state index contributed by atoms with van der Waals surface area (Å²) in [7, 11) is 1.92. The Balaban J connectivity index is 2.28. The number of aryl methyl sites for hydroxylation is 1. The molecule has 0 atom stereocenters. The van der Waals surface area contributed by atoms with E-state index in [4.69, 9.17) is 27.9 Å². The highest BCUT2D eigenvalue weighted by atomic mass is 79.9. The molecule has 20 heavy (non-hydrogen) atoms. The van der Waals surface area contributed by atoms with Gasteiger partial charge < -0.3 is 10.1 Å². The van der Waals surface area contributed by atoms with Gasteiger partial charge >= 0.3 is 0 Å². The van der Waals surface area contributed by atoms with Crippen molar-refractivity contribution in [1.82, 2.24) is 5.32 Å². The van der Waals surface area contributed by atoms with Crippen LogP contribution in [0.3, 0.4) is 0 Å². The van der Waals surface area contributed by atoms with Gasteiger partial charge in [-0.15, -0.1) is 0 Å². The summed E-state index contributed by atoms with van der Waals surface area (Å²) in [5, 5.41) is 4.20. The summed E-state index contributed by atoms with van der Waals surface area (Å²) < 4.78 is 6.60. The molecule has 0 aliphatic carbocycles. The minimum Gasteiger partial charge on any atom is -0.455 e. The quantitative estimate of drug-likeness (QED) is 0.705. The maximum Gasteiger partial charge on any atom is 0.147 e. The Morgan fingerprint density at radius 1 is 1.10 bits per heavy atom. The van der Waals surface area contributed by atoms with Crippen molar-refractivity contribution >= 4 is 39.1 Å². The Morgan fingerprint density at radius 2 is 1.85 bits per heavy atom. The number of hydrogen-bond acceptors (Lipinski definition) is 2. The van der Waals surface area contributed by atoms with E-state index in [2.05, 4.69) is 27.3 Å². The lowest BCUT2D eigenvalue weighted by atomic mass is 10.1. The van der Waals surface area contributed by atoms with Gasteiger partial charge in [0.1, 0.15) is 11.5 Å². The van der Waals surface area contributed by atoms with Crippen molar-refractivity contribution in [2.45, 2.75) is 13.5 Å². The van der Waals surface area contributed by atoms with Gasteiger partial charge in [-0.25, -0.2) is 0 Å². The SMILES string of the molecule is CNCc1ccc(Oc2cc(Cl)c(Br)cc2Cl)c(C)c1. The zero-order chi connectivity index (χ0) is 14.7. The van der Waals surface area contributed by atoms with Crippen molar-refractivity contribution in [3.8, 4) is 11.5 Å². The Hall–Kier alpha value is -0.740. The lowest BCUT2D eigenvalue weighted by Crippen LogP contribution is -2.05. The van der Waals surface area contributed by atoms with Gasteiger partial charge in [0.05, 0.1) is 10.0 Å². The van der Waals surface area contributed by atoms with E-state index >= 15 is 0 Å². The van der Waals surface area contributed by atoms with Crippen LogP contribution < -0.4 is 10.1 Å². The van der Waals surface area contributed by atoms with Crippen LogP contribution in [0.2, 0.25) is 10.0 Å². The molecule has 0 unspecified atom stereocenters. The summed E-state index contributed by atoms with van der Waals surface area (Å²) in [6.45, 7) is 2.83. The fraction of sp³-hybridized carbons (Fsp3) is 0.200. The minimum absolute atomic E-state index is 0.514. The van der Waals surface area contributed by atoms with Crippen LogP contribution in [0.15, 0.2) is 34.8 Å². The number of ether oxygens (including phenoxy) is 1. The monoisotopic (exact) mass is 373 g/mol. The molecule has 2 aromatic carbocycles. The average molecular weight is 375 g/mol. The molecular weight excluding hydrogens is 361 g/mol. The van der Waals surface area contributed by atoms with Crippen molar-refractivity contribution in [3.63, 3.8) is 0 Å². The second kappa shape index (κ2) is 6.81. The summed E-state index contributed by atoms with van der Waals surface area (Å²) in [6, 6.07) is 9.47. The number of halogens is 3. The third-order valence-electron chi connectivity index (χ3n) is 2.81. The van der Waals surface area contributed by atoms with Crippen LogP contribution in [0.4, 0.5) is 0 Å². The molecular formula is C15H14BrCl2NO. The highest BCUT2D eigenvalue weighted by molar-refractivity contribution is 9.10. The molecule has 0 aromatic heterocycles. The maximum atomic E-state index is 6.16. The Bertz CT molecular complexity index is 632. The minimum atomic E-state index is 0.514. The topological polar surface area (TPSA) is 21.3 Å². The number of benzene rings is 2. The highest BCUT2D eigenvalue weighted by Gasteiger charge is 2.09. The molecule has 5 heteroatoms. The highest BCUT2D eigenvalue weighted by Crippen LogP contribution is 2.37. The number of hydrogen-bond donors (Lipinski definition) is 1. The van der Waals surface area contributed by atoms with Crippen LogP contribution in [0.25, 0.3) is 0 Å². The fourth-order valence-electron chi connectivity index (χ4n) is 1.84. The molecule has 0 radical (unpaired) electrons. The van der Waals surface area contributed by atoms with Gasteiger partial charge in [0, 0.05) is 17.1 Å². The van der Waals surface area contributed by atoms with Crippen molar-refractivity contribution in [2.75, 3.05) is 7.05 Å². The molecule has 2 nitrogen and oxygen atoms in total. The zero-order valence-electron chi connectivity index (χ0n) is 11.1. The molecule has 0 fully saturated rings. The number of rotatable bonds is 4. The Kier molecular flexibility index (Phi) is 5.33. The van der Waals surface area contributed by atoms with Crippen LogP contribution >= 0.6 is 39.1 Å². The van der Waals surface area contributed by atoms with Crippen molar-refractivity contribution < 1.29 is 4.74 Å². The van der Waals surface area contributed by atoms with Gasteiger partial charge in [-0.1, -0.05) is 35.3 Å². The third-order valence-corrected chi connectivity index (χ3v) is 4.31. The zero-order valence-corrected chi connectivity index (χ0v) is 14.2. The van der Waals surface area contributed by atoms with E-state index in [1.165, 1.54) is 5.56 Å². The third kappa shape index (κ3) is 3.67. The fourth-order valence-corrected chi connectivity index (χ4v) is 2.67. The van der Waals surface area contributed by atoms with E-state index in [1.807, 2.05) is 26.1 Å². The van der Waals surface area contributed by atoms with E-state index in [-0.39, 0.29) is 0 Å². The second-order valence-corrected chi connectivity index (χ2v) is 6.10. The van der Waals surface area contributed by atoms with Gasteiger partial charge in [-0.05, 0) is 53.2 Å². The predicted octanol–water partition coefficient (Wildman–Crippen LogP) is 5.58. The summed E-state index contributed by atoms with van der Waals surface area (Å²) in [6.07, 6.45) is 0. The van der Waals surface area contributed by atoms with E-state index < -0.39 is 0 Å². The van der Waals surface area contributed by atoms with Crippen molar-refractivity contribution in [3.05, 3.63) is 56.0 Å². The van der Waals surface area contributed by atoms with Gasteiger partial charge in [0.25, 0.3) is 0 Å². The van der Waals surface area contributed by atoms with Crippen LogP contribution in [0.5, 0.6) is 11.5 Å². The molecule has 0 saturated heterocycles. The van der Waals surface area contributed by atoms with Crippen molar-refractivity contribution in [1.29, 1.82) is 0 Å². The lowest BCUT2D eigenvalue weighted by Gasteiger charge is -2.12.